The summed E-state index contributed by atoms with van der Waals surface area (Å²) in [6.07, 6.45) is 3.34. The molecule has 0 bridgehead atoms. The minimum atomic E-state index is -0.899. The Morgan fingerprint density at radius 3 is 3.00 bits per heavy atom. The molecule has 2 aromatic heterocycles. The van der Waals surface area contributed by atoms with Crippen LogP contribution in [0.5, 0.6) is 5.75 Å². The number of pyridine rings is 1. The SMILES string of the molecule is C[S+]([O-])CCOc1cc(Cl)ccc1-c1nc2ncccc2[nH]1. The van der Waals surface area contributed by atoms with Gasteiger partial charge in [0.2, 0.25) is 0 Å². The number of nitrogens with zero attached hydrogens (tertiary/aromatic N) is 2. The van der Waals surface area contributed by atoms with Gasteiger partial charge in [-0.15, -0.1) is 0 Å². The molecule has 0 aliphatic carbocycles. The molecule has 0 spiro atoms. The van der Waals surface area contributed by atoms with Crippen molar-refractivity contribution in [2.75, 3.05) is 18.6 Å². The third-order valence-electron chi connectivity index (χ3n) is 3.08. The molecule has 3 aromatic rings. The van der Waals surface area contributed by atoms with Crippen molar-refractivity contribution in [2.24, 2.45) is 0 Å². The van der Waals surface area contributed by atoms with Crippen molar-refractivity contribution >= 4 is 33.9 Å². The van der Waals surface area contributed by atoms with Gasteiger partial charge in [0.1, 0.15) is 23.9 Å². The minimum absolute atomic E-state index is 0.356. The maximum Gasteiger partial charge on any atom is 0.178 e. The molecule has 1 aromatic carbocycles. The zero-order valence-corrected chi connectivity index (χ0v) is 13.4. The van der Waals surface area contributed by atoms with Crippen LogP contribution >= 0.6 is 11.6 Å². The number of hydrogen-bond donors (Lipinski definition) is 1. The van der Waals surface area contributed by atoms with Crippen LogP contribution in [0.4, 0.5) is 0 Å². The fourth-order valence-electron chi connectivity index (χ4n) is 2.05. The first-order valence-electron chi connectivity index (χ1n) is 6.67. The first-order valence-corrected chi connectivity index (χ1v) is 8.77. The van der Waals surface area contributed by atoms with Crippen molar-refractivity contribution < 1.29 is 9.29 Å². The number of rotatable bonds is 5. The zero-order chi connectivity index (χ0) is 15.5. The number of ether oxygens (including phenoxy) is 1. The molecular formula is C15H14ClN3O2S. The minimum Gasteiger partial charge on any atom is -0.616 e. The van der Waals surface area contributed by atoms with Gasteiger partial charge >= 0.3 is 0 Å². The van der Waals surface area contributed by atoms with E-state index in [0.29, 0.717) is 34.6 Å². The number of hydrogen-bond acceptors (Lipinski definition) is 4. The molecule has 3 rings (SSSR count). The first-order chi connectivity index (χ1) is 10.6. The Kier molecular flexibility index (Phi) is 4.52. The number of H-pyrrole nitrogens is 1. The van der Waals surface area contributed by atoms with Crippen molar-refractivity contribution in [1.29, 1.82) is 0 Å². The van der Waals surface area contributed by atoms with E-state index in [9.17, 15) is 4.55 Å². The summed E-state index contributed by atoms with van der Waals surface area (Å²) in [5, 5.41) is 0.575. The van der Waals surface area contributed by atoms with Gasteiger partial charge in [0.15, 0.2) is 5.65 Å². The molecule has 114 valence electrons. The Morgan fingerprint density at radius 1 is 1.36 bits per heavy atom. The summed E-state index contributed by atoms with van der Waals surface area (Å²) in [5.74, 6) is 1.74. The van der Waals surface area contributed by atoms with Crippen molar-refractivity contribution in [3.05, 3.63) is 41.6 Å². The number of aromatic nitrogens is 3. The van der Waals surface area contributed by atoms with Gasteiger partial charge in [-0.3, -0.25) is 0 Å². The summed E-state index contributed by atoms with van der Waals surface area (Å²) < 4.78 is 16.9. The highest BCUT2D eigenvalue weighted by Crippen LogP contribution is 2.31. The van der Waals surface area contributed by atoms with E-state index in [1.54, 1.807) is 24.6 Å². The predicted octanol–water partition coefficient (Wildman–Crippen LogP) is 3.04. The molecule has 1 N–H and O–H groups in total. The molecule has 0 saturated carbocycles. The van der Waals surface area contributed by atoms with E-state index in [1.807, 2.05) is 18.2 Å². The molecule has 1 unspecified atom stereocenters. The summed E-state index contributed by atoms with van der Waals surface area (Å²) >= 11 is 5.14. The van der Waals surface area contributed by atoms with Gasteiger partial charge in [0.05, 0.1) is 17.3 Å². The highest BCUT2D eigenvalue weighted by atomic mass is 35.5. The molecule has 0 amide bonds. The summed E-state index contributed by atoms with van der Waals surface area (Å²) in [5.41, 5.74) is 2.30. The number of imidazole rings is 1. The number of benzene rings is 1. The van der Waals surface area contributed by atoms with E-state index in [2.05, 4.69) is 15.0 Å². The van der Waals surface area contributed by atoms with E-state index < -0.39 is 11.2 Å². The van der Waals surface area contributed by atoms with Gasteiger partial charge in [-0.05, 0) is 30.3 Å². The van der Waals surface area contributed by atoms with Gasteiger partial charge in [-0.2, -0.15) is 0 Å². The van der Waals surface area contributed by atoms with E-state index in [4.69, 9.17) is 16.3 Å². The van der Waals surface area contributed by atoms with Crippen molar-refractivity contribution in [1.82, 2.24) is 15.0 Å². The van der Waals surface area contributed by atoms with Crippen LogP contribution in [0.15, 0.2) is 36.5 Å². The maximum absolute atomic E-state index is 11.2. The second-order valence-corrected chi connectivity index (χ2v) is 6.72. The quantitative estimate of drug-likeness (QED) is 0.727. The molecule has 7 heteroatoms. The largest absolute Gasteiger partial charge is 0.616 e. The fraction of sp³-hybridized carbons (Fsp3) is 0.200. The fourth-order valence-corrected chi connectivity index (χ4v) is 2.53. The molecule has 22 heavy (non-hydrogen) atoms. The van der Waals surface area contributed by atoms with E-state index in [1.165, 1.54) is 0 Å². The Labute approximate surface area is 135 Å². The Hall–Kier alpha value is -1.76. The molecule has 2 heterocycles. The van der Waals surface area contributed by atoms with Crippen molar-refractivity contribution in [3.63, 3.8) is 0 Å². The summed E-state index contributed by atoms with van der Waals surface area (Å²) in [6, 6.07) is 9.12. The predicted molar refractivity (Wildman–Crippen MR) is 88.8 cm³/mol. The highest BCUT2D eigenvalue weighted by Gasteiger charge is 2.13. The lowest BCUT2D eigenvalue weighted by Gasteiger charge is -2.11. The smallest absolute Gasteiger partial charge is 0.178 e. The van der Waals surface area contributed by atoms with Crippen LogP contribution in [0.2, 0.25) is 5.02 Å². The summed E-state index contributed by atoms with van der Waals surface area (Å²) in [6.45, 7) is 0.356. The van der Waals surface area contributed by atoms with Crippen LogP contribution in [-0.4, -0.2) is 38.1 Å². The van der Waals surface area contributed by atoms with Crippen LogP contribution in [0, 0.1) is 0 Å². The van der Waals surface area contributed by atoms with Gasteiger partial charge in [-0.1, -0.05) is 22.8 Å². The van der Waals surface area contributed by atoms with Crippen LogP contribution < -0.4 is 4.74 Å². The van der Waals surface area contributed by atoms with Gasteiger partial charge in [-0.25, -0.2) is 9.97 Å². The maximum atomic E-state index is 11.2. The number of aromatic amines is 1. The molecule has 0 fully saturated rings. The second kappa shape index (κ2) is 6.56. The third kappa shape index (κ3) is 3.35. The van der Waals surface area contributed by atoms with Crippen LogP contribution in [0.1, 0.15) is 0 Å². The van der Waals surface area contributed by atoms with Crippen LogP contribution in [0.3, 0.4) is 0 Å². The number of fused-ring (bicyclic) bond motifs is 1. The molecule has 5 nitrogen and oxygen atoms in total. The van der Waals surface area contributed by atoms with E-state index >= 15 is 0 Å². The van der Waals surface area contributed by atoms with E-state index in [0.717, 1.165) is 11.1 Å². The molecule has 1 atom stereocenters. The lowest BCUT2D eigenvalue weighted by molar-refractivity contribution is 0.342. The molecular weight excluding hydrogens is 322 g/mol. The third-order valence-corrected chi connectivity index (χ3v) is 4.06. The standard InChI is InChI=1S/C15H14ClN3O2S/c1-22(20)8-7-21-13-9-10(16)4-5-11(13)14-18-12-3-2-6-17-15(12)19-14/h2-6,9H,7-8H2,1H3,(H,17,18,19). The molecule has 0 saturated heterocycles. The summed E-state index contributed by atoms with van der Waals surface area (Å²) in [7, 11) is 0. The Balaban J connectivity index is 1.94. The Bertz CT molecular complexity index is 758. The highest BCUT2D eigenvalue weighted by molar-refractivity contribution is 7.90. The van der Waals surface area contributed by atoms with E-state index in [-0.39, 0.29) is 0 Å². The number of nitrogens with one attached hydrogen (secondary N) is 1. The van der Waals surface area contributed by atoms with Crippen LogP contribution in [-0.2, 0) is 11.2 Å². The zero-order valence-electron chi connectivity index (χ0n) is 11.9. The van der Waals surface area contributed by atoms with Crippen molar-refractivity contribution in [2.45, 2.75) is 0 Å². The lowest BCUT2D eigenvalue weighted by atomic mass is 10.2. The number of halogens is 1. The van der Waals surface area contributed by atoms with Crippen LogP contribution in [0.25, 0.3) is 22.6 Å². The lowest BCUT2D eigenvalue weighted by Crippen LogP contribution is -2.12. The van der Waals surface area contributed by atoms with Gasteiger partial charge in [0, 0.05) is 11.2 Å². The summed E-state index contributed by atoms with van der Waals surface area (Å²) in [4.78, 5) is 11.9. The molecule has 0 aliphatic rings. The molecule has 0 radical (unpaired) electrons. The van der Waals surface area contributed by atoms with Gasteiger partial charge < -0.3 is 14.3 Å². The second-order valence-electron chi connectivity index (χ2n) is 4.73. The monoisotopic (exact) mass is 335 g/mol. The normalized spacial score (nSPS) is 12.5. The van der Waals surface area contributed by atoms with Gasteiger partial charge in [0.25, 0.3) is 0 Å². The average Bonchev–Trinajstić information content (AvgIpc) is 2.90. The first kappa shape index (κ1) is 15.1. The van der Waals surface area contributed by atoms with Crippen molar-refractivity contribution in [3.8, 4) is 17.1 Å². The average molecular weight is 336 g/mol. The topological polar surface area (TPSA) is 73.9 Å². The Morgan fingerprint density at radius 2 is 2.23 bits per heavy atom. The molecule has 0 aliphatic heterocycles.